The minimum absolute atomic E-state index is 0.0407. The number of rotatable bonds is 4. The van der Waals surface area contributed by atoms with Crippen LogP contribution in [-0.4, -0.2) is 24.7 Å². The second-order valence-electron chi connectivity index (χ2n) is 7.07. The first-order chi connectivity index (χ1) is 13.1. The highest BCUT2D eigenvalue weighted by Gasteiger charge is 2.38. The average Bonchev–Trinajstić information content (AvgIpc) is 3.17. The molecule has 1 aliphatic carbocycles. The van der Waals surface area contributed by atoms with Crippen LogP contribution in [0.15, 0.2) is 48.6 Å². The van der Waals surface area contributed by atoms with Crippen molar-refractivity contribution in [1.82, 2.24) is 5.32 Å². The third-order valence-electron chi connectivity index (χ3n) is 5.52. The number of fused-ring (bicyclic) bond motifs is 3. The predicted octanol–water partition coefficient (Wildman–Crippen LogP) is 3.98. The summed E-state index contributed by atoms with van der Waals surface area (Å²) >= 11 is 0. The Hall–Kier alpha value is -2.95. The van der Waals surface area contributed by atoms with Crippen molar-refractivity contribution in [3.05, 3.63) is 65.2 Å². The van der Waals surface area contributed by atoms with E-state index < -0.39 is 0 Å². The summed E-state index contributed by atoms with van der Waals surface area (Å²) in [5.74, 6) is 1.18. The quantitative estimate of drug-likeness (QED) is 0.718. The summed E-state index contributed by atoms with van der Waals surface area (Å²) in [5, 5.41) is 16.7. The van der Waals surface area contributed by atoms with Gasteiger partial charge >= 0.3 is 0 Å². The molecule has 2 aliphatic rings. The van der Waals surface area contributed by atoms with Gasteiger partial charge in [-0.05, 0) is 60.7 Å². The molecule has 3 atom stereocenters. The van der Waals surface area contributed by atoms with Crippen LogP contribution in [0.4, 0.5) is 5.69 Å². The molecule has 1 heterocycles. The maximum atomic E-state index is 12.2. The topological polar surface area (TPSA) is 70.6 Å². The summed E-state index contributed by atoms with van der Waals surface area (Å²) in [5.41, 5.74) is 3.92. The van der Waals surface area contributed by atoms with Crippen molar-refractivity contribution in [2.75, 3.05) is 19.0 Å². The van der Waals surface area contributed by atoms with Crippen molar-refractivity contribution in [3.63, 3.8) is 0 Å². The monoisotopic (exact) mass is 364 g/mol. The van der Waals surface area contributed by atoms with Crippen molar-refractivity contribution < 1.29 is 14.6 Å². The van der Waals surface area contributed by atoms with E-state index in [-0.39, 0.29) is 23.6 Å². The number of methoxy groups -OCH3 is 1. The van der Waals surface area contributed by atoms with E-state index in [0.29, 0.717) is 23.8 Å². The van der Waals surface area contributed by atoms with Gasteiger partial charge in [-0.2, -0.15) is 0 Å². The van der Waals surface area contributed by atoms with Crippen LogP contribution in [0.25, 0.3) is 0 Å². The van der Waals surface area contributed by atoms with Gasteiger partial charge in [0.2, 0.25) is 0 Å². The lowest BCUT2D eigenvalue weighted by molar-refractivity contribution is 0.0955. The lowest BCUT2D eigenvalue weighted by Gasteiger charge is -2.37. The van der Waals surface area contributed by atoms with E-state index in [1.54, 1.807) is 19.2 Å². The van der Waals surface area contributed by atoms with Gasteiger partial charge in [-0.3, -0.25) is 4.79 Å². The number of benzene rings is 2. The van der Waals surface area contributed by atoms with Gasteiger partial charge in [-0.25, -0.2) is 0 Å². The number of hydrogen-bond acceptors (Lipinski definition) is 4. The molecule has 2 aromatic carbocycles. The lowest BCUT2D eigenvalue weighted by Crippen LogP contribution is -2.30. The van der Waals surface area contributed by atoms with E-state index in [0.717, 1.165) is 23.2 Å². The van der Waals surface area contributed by atoms with Crippen LogP contribution in [0, 0.1) is 5.92 Å². The van der Waals surface area contributed by atoms with Gasteiger partial charge in [0.1, 0.15) is 0 Å². The molecule has 5 heteroatoms. The average molecular weight is 364 g/mol. The van der Waals surface area contributed by atoms with Gasteiger partial charge in [0.15, 0.2) is 11.5 Å². The highest BCUT2D eigenvalue weighted by Crippen LogP contribution is 2.50. The van der Waals surface area contributed by atoms with Crippen LogP contribution >= 0.6 is 0 Å². The molecule has 27 heavy (non-hydrogen) atoms. The predicted molar refractivity (Wildman–Crippen MR) is 105 cm³/mol. The van der Waals surface area contributed by atoms with Crippen molar-refractivity contribution in [1.29, 1.82) is 0 Å². The number of ether oxygens (including phenoxy) is 1. The first kappa shape index (κ1) is 17.5. The first-order valence-electron chi connectivity index (χ1n) is 9.34. The second kappa shape index (κ2) is 6.99. The molecule has 2 aromatic rings. The molecule has 5 nitrogen and oxygen atoms in total. The third-order valence-corrected chi connectivity index (χ3v) is 5.52. The van der Waals surface area contributed by atoms with E-state index in [1.807, 2.05) is 31.2 Å². The van der Waals surface area contributed by atoms with Gasteiger partial charge in [0.05, 0.1) is 13.2 Å². The molecule has 3 unspecified atom stereocenters. The van der Waals surface area contributed by atoms with E-state index >= 15 is 0 Å². The molecule has 0 saturated heterocycles. The van der Waals surface area contributed by atoms with Gasteiger partial charge in [0.25, 0.3) is 5.91 Å². The van der Waals surface area contributed by atoms with Crippen LogP contribution < -0.4 is 15.4 Å². The standard InChI is InChI=1S/C22H24N2O3/c1-3-23-22(26)14-7-9-18-17(11-14)15-5-4-6-16(15)21(24-18)13-8-10-20(27-2)19(25)12-13/h4-5,7-12,15-16,21,24-25H,3,6H2,1-2H3,(H,23,26). The maximum Gasteiger partial charge on any atom is 0.251 e. The zero-order chi connectivity index (χ0) is 19.0. The van der Waals surface area contributed by atoms with Crippen molar-refractivity contribution in [3.8, 4) is 11.5 Å². The summed E-state index contributed by atoms with van der Waals surface area (Å²) in [6.45, 7) is 2.53. The number of nitrogens with one attached hydrogen (secondary N) is 2. The SMILES string of the molecule is CCNC(=O)c1ccc2c(c1)C1C=CCC1C(c1ccc(OC)c(O)c1)N2. The van der Waals surface area contributed by atoms with Crippen LogP contribution in [-0.2, 0) is 0 Å². The number of carbonyl (C=O) groups excluding carboxylic acids is 1. The van der Waals surface area contributed by atoms with Crippen molar-refractivity contribution in [2.24, 2.45) is 5.92 Å². The molecule has 1 amide bonds. The van der Waals surface area contributed by atoms with Crippen LogP contribution in [0.1, 0.15) is 46.8 Å². The molecule has 1 aliphatic heterocycles. The van der Waals surface area contributed by atoms with E-state index in [2.05, 4.69) is 22.8 Å². The molecule has 0 spiro atoms. The Labute approximate surface area is 159 Å². The maximum absolute atomic E-state index is 12.2. The van der Waals surface area contributed by atoms with Gasteiger partial charge in [-0.1, -0.05) is 18.2 Å². The number of anilines is 1. The Bertz CT molecular complexity index is 906. The summed E-state index contributed by atoms with van der Waals surface area (Å²) in [7, 11) is 1.55. The molecular formula is C22H24N2O3. The Morgan fingerprint density at radius 3 is 2.89 bits per heavy atom. The van der Waals surface area contributed by atoms with Gasteiger partial charge in [-0.15, -0.1) is 0 Å². The lowest BCUT2D eigenvalue weighted by atomic mass is 9.76. The Morgan fingerprint density at radius 2 is 2.15 bits per heavy atom. The Balaban J connectivity index is 1.70. The Morgan fingerprint density at radius 1 is 1.30 bits per heavy atom. The fraction of sp³-hybridized carbons (Fsp3) is 0.318. The summed E-state index contributed by atoms with van der Waals surface area (Å²) in [4.78, 5) is 12.2. The summed E-state index contributed by atoms with van der Waals surface area (Å²) < 4.78 is 5.16. The minimum atomic E-state index is -0.0407. The van der Waals surface area contributed by atoms with E-state index in [4.69, 9.17) is 4.74 Å². The van der Waals surface area contributed by atoms with E-state index in [9.17, 15) is 9.90 Å². The molecule has 0 fully saturated rings. The van der Waals surface area contributed by atoms with Crippen LogP contribution in [0.5, 0.6) is 11.5 Å². The third kappa shape index (κ3) is 3.03. The highest BCUT2D eigenvalue weighted by atomic mass is 16.5. The number of carbonyl (C=O) groups is 1. The normalized spacial score (nSPS) is 22.5. The van der Waals surface area contributed by atoms with Gasteiger partial charge in [0, 0.05) is 23.7 Å². The molecular weight excluding hydrogens is 340 g/mol. The largest absolute Gasteiger partial charge is 0.504 e. The number of allylic oxidation sites excluding steroid dienone is 2. The number of hydrogen-bond donors (Lipinski definition) is 3. The Kier molecular flexibility index (Phi) is 4.52. The molecule has 0 bridgehead atoms. The van der Waals surface area contributed by atoms with E-state index in [1.165, 1.54) is 0 Å². The fourth-order valence-electron chi connectivity index (χ4n) is 4.23. The van der Waals surface area contributed by atoms with Crippen molar-refractivity contribution in [2.45, 2.75) is 25.3 Å². The molecule has 4 rings (SSSR count). The molecule has 0 aromatic heterocycles. The van der Waals surface area contributed by atoms with Gasteiger partial charge < -0.3 is 20.5 Å². The highest BCUT2D eigenvalue weighted by molar-refractivity contribution is 5.95. The second-order valence-corrected chi connectivity index (χ2v) is 7.07. The smallest absolute Gasteiger partial charge is 0.251 e. The number of aromatic hydroxyl groups is 1. The summed E-state index contributed by atoms with van der Waals surface area (Å²) in [6, 6.07) is 11.5. The molecule has 0 radical (unpaired) electrons. The molecule has 0 saturated carbocycles. The zero-order valence-corrected chi connectivity index (χ0v) is 15.5. The zero-order valence-electron chi connectivity index (χ0n) is 15.5. The van der Waals surface area contributed by atoms with Crippen LogP contribution in [0.2, 0.25) is 0 Å². The number of phenolic OH excluding ortho intramolecular Hbond substituents is 1. The number of amides is 1. The molecule has 140 valence electrons. The summed E-state index contributed by atoms with van der Waals surface area (Å²) in [6.07, 6.45) is 5.41. The first-order valence-corrected chi connectivity index (χ1v) is 9.34. The number of phenols is 1. The van der Waals surface area contributed by atoms with Crippen molar-refractivity contribution >= 4 is 11.6 Å². The fourth-order valence-corrected chi connectivity index (χ4v) is 4.23. The minimum Gasteiger partial charge on any atom is -0.504 e. The van der Waals surface area contributed by atoms with Crippen LogP contribution in [0.3, 0.4) is 0 Å². The molecule has 3 N–H and O–H groups in total.